The van der Waals surface area contributed by atoms with E-state index in [4.69, 9.17) is 19.9 Å². The first-order chi connectivity index (χ1) is 9.89. The number of hydrogen-bond acceptors (Lipinski definition) is 6. The van der Waals surface area contributed by atoms with Gasteiger partial charge in [0, 0.05) is 34.2 Å². The quantitative estimate of drug-likeness (QED) is 0.765. The molecule has 120 valence electrons. The van der Waals surface area contributed by atoms with Crippen molar-refractivity contribution in [2.75, 3.05) is 27.9 Å². The minimum Gasteiger partial charge on any atom is -0.496 e. The maximum Gasteiger partial charge on any atom is 0.130 e. The first-order valence-electron chi connectivity index (χ1n) is 6.68. The lowest BCUT2D eigenvalue weighted by Gasteiger charge is -2.30. The molecule has 0 saturated heterocycles. The molecule has 0 bridgehead atoms. The zero-order chi connectivity index (χ0) is 16.0. The normalized spacial score (nSPS) is 12.9. The molecule has 0 radical (unpaired) electrons. The monoisotopic (exact) mass is 315 g/mol. The summed E-state index contributed by atoms with van der Waals surface area (Å²) in [5.41, 5.74) is 6.90. The van der Waals surface area contributed by atoms with Gasteiger partial charge in [0.25, 0.3) is 0 Å². The van der Waals surface area contributed by atoms with Crippen LogP contribution in [0.25, 0.3) is 0 Å². The standard InChI is InChI=1S/C15H25NO4S/c1-15(2,14(16)8-17)21-9-11-12(19-4)6-10(18-3)7-13(11)20-5/h6-7,14,17H,8-9,16H2,1-5H3/t14-/m0/s1. The third kappa shape index (κ3) is 4.43. The van der Waals surface area contributed by atoms with Crippen LogP contribution in [-0.4, -0.2) is 43.8 Å². The molecule has 0 aliphatic carbocycles. The minimum atomic E-state index is -0.294. The van der Waals surface area contributed by atoms with Crippen LogP contribution < -0.4 is 19.9 Å². The van der Waals surface area contributed by atoms with E-state index < -0.39 is 0 Å². The molecule has 0 aliphatic rings. The molecule has 0 aromatic heterocycles. The Morgan fingerprint density at radius 2 is 1.67 bits per heavy atom. The molecule has 0 fully saturated rings. The summed E-state index contributed by atoms with van der Waals surface area (Å²) in [6.07, 6.45) is 0. The highest BCUT2D eigenvalue weighted by Crippen LogP contribution is 2.40. The van der Waals surface area contributed by atoms with Crippen molar-refractivity contribution in [1.82, 2.24) is 0 Å². The molecule has 1 aromatic carbocycles. The molecular formula is C15H25NO4S. The van der Waals surface area contributed by atoms with E-state index in [2.05, 4.69) is 0 Å². The van der Waals surface area contributed by atoms with Crippen molar-refractivity contribution in [3.8, 4) is 17.2 Å². The zero-order valence-corrected chi connectivity index (χ0v) is 14.1. The van der Waals surface area contributed by atoms with E-state index in [-0.39, 0.29) is 17.4 Å². The largest absolute Gasteiger partial charge is 0.496 e. The SMILES string of the molecule is COc1cc(OC)c(CSC(C)(C)[C@@H](N)CO)c(OC)c1. The fraction of sp³-hybridized carbons (Fsp3) is 0.600. The minimum absolute atomic E-state index is 0.0448. The van der Waals surface area contributed by atoms with E-state index in [1.54, 1.807) is 33.1 Å². The smallest absolute Gasteiger partial charge is 0.130 e. The summed E-state index contributed by atoms with van der Waals surface area (Å²) in [4.78, 5) is 0. The van der Waals surface area contributed by atoms with Crippen molar-refractivity contribution < 1.29 is 19.3 Å². The predicted octanol–water partition coefficient (Wildman–Crippen LogP) is 2.04. The molecule has 1 aromatic rings. The number of benzene rings is 1. The van der Waals surface area contributed by atoms with Gasteiger partial charge < -0.3 is 25.1 Å². The van der Waals surface area contributed by atoms with Crippen LogP contribution in [0.1, 0.15) is 19.4 Å². The van der Waals surface area contributed by atoms with E-state index in [1.807, 2.05) is 26.0 Å². The van der Waals surface area contributed by atoms with Gasteiger partial charge in [0.1, 0.15) is 17.2 Å². The Hall–Kier alpha value is -1.11. The summed E-state index contributed by atoms with van der Waals surface area (Å²) in [5.74, 6) is 2.78. The Morgan fingerprint density at radius 3 is 2.05 bits per heavy atom. The van der Waals surface area contributed by atoms with Crippen LogP contribution in [0.4, 0.5) is 0 Å². The first kappa shape index (κ1) is 17.9. The van der Waals surface area contributed by atoms with Gasteiger partial charge in [-0.25, -0.2) is 0 Å². The number of methoxy groups -OCH3 is 3. The van der Waals surface area contributed by atoms with E-state index in [0.717, 1.165) is 5.56 Å². The van der Waals surface area contributed by atoms with Gasteiger partial charge in [-0.3, -0.25) is 0 Å². The van der Waals surface area contributed by atoms with Crippen LogP contribution in [0.3, 0.4) is 0 Å². The second-order valence-electron chi connectivity index (χ2n) is 5.19. The summed E-state index contributed by atoms with van der Waals surface area (Å²) in [5, 5.41) is 9.23. The van der Waals surface area contributed by atoms with Crippen LogP contribution in [0, 0.1) is 0 Å². The molecule has 21 heavy (non-hydrogen) atoms. The molecule has 1 rings (SSSR count). The molecular weight excluding hydrogens is 290 g/mol. The van der Waals surface area contributed by atoms with Gasteiger partial charge in [-0.1, -0.05) is 0 Å². The third-order valence-corrected chi connectivity index (χ3v) is 4.98. The zero-order valence-electron chi connectivity index (χ0n) is 13.3. The molecule has 0 saturated carbocycles. The van der Waals surface area contributed by atoms with Gasteiger partial charge in [0.15, 0.2) is 0 Å². The molecule has 0 spiro atoms. The molecule has 0 heterocycles. The highest BCUT2D eigenvalue weighted by atomic mass is 32.2. The Kier molecular flexibility index (Phi) is 6.64. The second-order valence-corrected chi connectivity index (χ2v) is 6.82. The van der Waals surface area contributed by atoms with Gasteiger partial charge >= 0.3 is 0 Å². The van der Waals surface area contributed by atoms with Crippen LogP contribution >= 0.6 is 11.8 Å². The predicted molar refractivity (Wildman–Crippen MR) is 86.5 cm³/mol. The summed E-state index contributed by atoms with van der Waals surface area (Å²) >= 11 is 1.65. The van der Waals surface area contributed by atoms with Crippen molar-refractivity contribution in [1.29, 1.82) is 0 Å². The van der Waals surface area contributed by atoms with Crippen molar-refractivity contribution in [2.24, 2.45) is 5.73 Å². The van der Waals surface area contributed by atoms with Crippen LogP contribution in [0.15, 0.2) is 12.1 Å². The maximum absolute atomic E-state index is 9.23. The van der Waals surface area contributed by atoms with Crippen molar-refractivity contribution >= 4 is 11.8 Å². The number of nitrogens with two attached hydrogens (primary N) is 1. The highest BCUT2D eigenvalue weighted by Gasteiger charge is 2.27. The van der Waals surface area contributed by atoms with E-state index >= 15 is 0 Å². The van der Waals surface area contributed by atoms with Gasteiger partial charge in [-0.05, 0) is 13.8 Å². The van der Waals surface area contributed by atoms with Crippen LogP contribution in [0.5, 0.6) is 17.2 Å². The lowest BCUT2D eigenvalue weighted by Crippen LogP contribution is -2.43. The summed E-state index contributed by atoms with van der Waals surface area (Å²) in [6, 6.07) is 3.37. The molecule has 0 amide bonds. The van der Waals surface area contributed by atoms with E-state index in [0.29, 0.717) is 23.0 Å². The number of aliphatic hydroxyl groups is 1. The lowest BCUT2D eigenvalue weighted by molar-refractivity contribution is 0.248. The van der Waals surface area contributed by atoms with Crippen molar-refractivity contribution in [2.45, 2.75) is 30.4 Å². The molecule has 5 nitrogen and oxygen atoms in total. The van der Waals surface area contributed by atoms with E-state index in [1.165, 1.54) is 0 Å². The maximum atomic E-state index is 9.23. The Bertz CT molecular complexity index is 440. The van der Waals surface area contributed by atoms with Crippen LogP contribution in [0.2, 0.25) is 0 Å². The number of aliphatic hydroxyl groups excluding tert-OH is 1. The van der Waals surface area contributed by atoms with Gasteiger partial charge in [0.05, 0.1) is 27.9 Å². The number of rotatable bonds is 8. The highest BCUT2D eigenvalue weighted by molar-refractivity contribution is 7.99. The third-order valence-electron chi connectivity index (χ3n) is 3.50. The molecule has 0 unspecified atom stereocenters. The summed E-state index contributed by atoms with van der Waals surface area (Å²) in [7, 11) is 4.84. The topological polar surface area (TPSA) is 73.9 Å². The Labute approximate surface area is 130 Å². The average Bonchev–Trinajstić information content (AvgIpc) is 2.50. The van der Waals surface area contributed by atoms with Crippen LogP contribution in [-0.2, 0) is 5.75 Å². The van der Waals surface area contributed by atoms with Crippen molar-refractivity contribution in [3.05, 3.63) is 17.7 Å². The lowest BCUT2D eigenvalue weighted by atomic mass is 10.1. The molecule has 0 aliphatic heterocycles. The second kappa shape index (κ2) is 7.77. The number of ether oxygens (including phenoxy) is 3. The first-order valence-corrected chi connectivity index (χ1v) is 7.67. The summed E-state index contributed by atoms with van der Waals surface area (Å²) in [6.45, 7) is 3.99. The molecule has 6 heteroatoms. The van der Waals surface area contributed by atoms with Gasteiger partial charge in [-0.15, -0.1) is 11.8 Å². The van der Waals surface area contributed by atoms with E-state index in [9.17, 15) is 5.11 Å². The van der Waals surface area contributed by atoms with Gasteiger partial charge in [0.2, 0.25) is 0 Å². The Balaban J connectivity index is 3.02. The molecule has 1 atom stereocenters. The molecule has 3 N–H and O–H groups in total. The number of hydrogen-bond donors (Lipinski definition) is 2. The average molecular weight is 315 g/mol. The van der Waals surface area contributed by atoms with Crippen molar-refractivity contribution in [3.63, 3.8) is 0 Å². The summed E-state index contributed by atoms with van der Waals surface area (Å²) < 4.78 is 15.8. The fourth-order valence-corrected chi connectivity index (χ4v) is 2.89. The number of thioether (sulfide) groups is 1. The fourth-order valence-electron chi connectivity index (χ4n) is 1.81. The van der Waals surface area contributed by atoms with Gasteiger partial charge in [-0.2, -0.15) is 0 Å². The Morgan fingerprint density at radius 1 is 1.14 bits per heavy atom.